The number of thiophene rings is 1. The molecule has 0 saturated carbocycles. The molecule has 0 unspecified atom stereocenters. The minimum Gasteiger partial charge on any atom is -0.455 e. The molecule has 0 atom stereocenters. The molecule has 0 fully saturated rings. The zero-order chi connectivity index (χ0) is 40.3. The van der Waals surface area contributed by atoms with Crippen molar-refractivity contribution in [2.75, 3.05) is 4.90 Å². The van der Waals surface area contributed by atoms with Gasteiger partial charge in [-0.1, -0.05) is 188 Å². The Kier molecular flexibility index (Phi) is 8.39. The van der Waals surface area contributed by atoms with Crippen molar-refractivity contribution in [2.45, 2.75) is 0 Å². The average Bonchev–Trinajstić information content (AvgIpc) is 3.92. The summed E-state index contributed by atoms with van der Waals surface area (Å²) in [7, 11) is 0. The molecule has 12 rings (SSSR count). The van der Waals surface area contributed by atoms with E-state index in [1.54, 1.807) is 0 Å². The Balaban J connectivity index is 1.01. The van der Waals surface area contributed by atoms with Gasteiger partial charge in [0, 0.05) is 43.2 Å². The summed E-state index contributed by atoms with van der Waals surface area (Å²) < 4.78 is 9.02. The van der Waals surface area contributed by atoms with Gasteiger partial charge in [-0.3, -0.25) is 0 Å². The molecule has 0 radical (unpaired) electrons. The highest BCUT2D eigenvalue weighted by Crippen LogP contribution is 2.48. The highest BCUT2D eigenvalue weighted by atomic mass is 32.1. The van der Waals surface area contributed by atoms with Gasteiger partial charge in [-0.2, -0.15) is 0 Å². The predicted octanol–water partition coefficient (Wildman–Crippen LogP) is 17.2. The number of benzene rings is 10. The average molecular weight is 796 g/mol. The van der Waals surface area contributed by atoms with Gasteiger partial charge >= 0.3 is 0 Å². The van der Waals surface area contributed by atoms with E-state index in [1.165, 1.54) is 64.3 Å². The van der Waals surface area contributed by atoms with E-state index >= 15 is 0 Å². The van der Waals surface area contributed by atoms with E-state index < -0.39 is 0 Å². The number of hydrogen-bond acceptors (Lipinski definition) is 3. The third-order valence-electron chi connectivity index (χ3n) is 12.1. The Morgan fingerprint density at radius 2 is 0.754 bits per heavy atom. The Labute approximate surface area is 357 Å². The van der Waals surface area contributed by atoms with E-state index in [2.05, 4.69) is 217 Å². The molecule has 0 aliphatic carbocycles. The highest BCUT2D eigenvalue weighted by Gasteiger charge is 2.21. The van der Waals surface area contributed by atoms with Crippen molar-refractivity contribution < 1.29 is 4.42 Å². The van der Waals surface area contributed by atoms with Gasteiger partial charge in [0.1, 0.15) is 11.2 Å². The summed E-state index contributed by atoms with van der Waals surface area (Å²) in [6.45, 7) is 0. The fourth-order valence-corrected chi connectivity index (χ4v) is 10.6. The maximum absolute atomic E-state index is 6.47. The van der Waals surface area contributed by atoms with Crippen LogP contribution in [0.2, 0.25) is 0 Å². The van der Waals surface area contributed by atoms with Crippen LogP contribution in [0.15, 0.2) is 229 Å². The second-order valence-corrected chi connectivity index (χ2v) is 16.6. The maximum Gasteiger partial charge on any atom is 0.143 e. The van der Waals surface area contributed by atoms with Crippen LogP contribution in [0.25, 0.3) is 97.4 Å². The Morgan fingerprint density at radius 3 is 1.39 bits per heavy atom. The Bertz CT molecular complexity index is 3570. The smallest absolute Gasteiger partial charge is 0.143 e. The molecule has 0 N–H and O–H groups in total. The Morgan fingerprint density at radius 1 is 0.295 bits per heavy atom. The lowest BCUT2D eigenvalue weighted by Gasteiger charge is -2.26. The lowest BCUT2D eigenvalue weighted by molar-refractivity contribution is 0.670. The van der Waals surface area contributed by atoms with Crippen molar-refractivity contribution in [3.8, 4) is 44.5 Å². The fourth-order valence-electron chi connectivity index (χ4n) is 9.23. The van der Waals surface area contributed by atoms with Gasteiger partial charge in [-0.15, -0.1) is 11.3 Å². The number of rotatable bonds is 7. The summed E-state index contributed by atoms with van der Waals surface area (Å²) in [6.07, 6.45) is 0. The summed E-state index contributed by atoms with van der Waals surface area (Å²) in [6, 6.07) is 81.0. The standard InChI is InChI=1S/C58H37NOS/c1-3-14-38(15-4-1)44-36-37-45(49-19-8-7-18-48(44)49)40-28-32-42(33-29-40)59(43-34-30-41(31-35-43)46-21-11-23-51-50-20-9-10-27-55(50)60-56(46)51)54-26-13-25-53-52-24-12-22-47(57(52)61-58(53)54)39-16-5-2-6-17-39/h1-37H. The second-order valence-electron chi connectivity index (χ2n) is 15.6. The maximum atomic E-state index is 6.47. The van der Waals surface area contributed by atoms with Crippen LogP contribution in [0.1, 0.15) is 0 Å². The topological polar surface area (TPSA) is 16.4 Å². The highest BCUT2D eigenvalue weighted by molar-refractivity contribution is 7.27. The molecule has 286 valence electrons. The summed E-state index contributed by atoms with van der Waals surface area (Å²) in [5.41, 5.74) is 14.7. The van der Waals surface area contributed by atoms with Gasteiger partial charge in [0.15, 0.2) is 0 Å². The molecule has 2 aromatic heterocycles. The monoisotopic (exact) mass is 795 g/mol. The van der Waals surface area contributed by atoms with Crippen LogP contribution < -0.4 is 4.90 Å². The van der Waals surface area contributed by atoms with Crippen LogP contribution >= 0.6 is 11.3 Å². The van der Waals surface area contributed by atoms with Crippen LogP contribution in [0.4, 0.5) is 17.1 Å². The minimum atomic E-state index is 0.906. The molecule has 0 bridgehead atoms. The molecular formula is C58H37NOS. The quantitative estimate of drug-likeness (QED) is 0.160. The van der Waals surface area contributed by atoms with E-state index in [9.17, 15) is 0 Å². The van der Waals surface area contributed by atoms with Crippen molar-refractivity contribution in [1.82, 2.24) is 0 Å². The molecule has 2 nitrogen and oxygen atoms in total. The lowest BCUT2D eigenvalue weighted by Crippen LogP contribution is -2.10. The van der Waals surface area contributed by atoms with E-state index in [0.29, 0.717) is 0 Å². The first kappa shape index (κ1) is 35.2. The molecular weight excluding hydrogens is 759 g/mol. The molecule has 0 aliphatic rings. The van der Waals surface area contributed by atoms with Gasteiger partial charge in [0.25, 0.3) is 0 Å². The van der Waals surface area contributed by atoms with Crippen molar-refractivity contribution in [1.29, 1.82) is 0 Å². The van der Waals surface area contributed by atoms with Crippen molar-refractivity contribution in [2.24, 2.45) is 0 Å². The molecule has 12 aromatic rings. The van der Waals surface area contributed by atoms with E-state index in [1.807, 2.05) is 23.5 Å². The van der Waals surface area contributed by atoms with E-state index in [4.69, 9.17) is 4.42 Å². The Hall–Kier alpha value is -7.72. The molecule has 0 saturated heterocycles. The molecule has 61 heavy (non-hydrogen) atoms. The first-order chi connectivity index (χ1) is 30.3. The van der Waals surface area contributed by atoms with Crippen molar-refractivity contribution in [3.63, 3.8) is 0 Å². The van der Waals surface area contributed by atoms with Gasteiger partial charge < -0.3 is 9.32 Å². The van der Waals surface area contributed by atoms with Crippen molar-refractivity contribution in [3.05, 3.63) is 224 Å². The molecule has 3 heteroatoms. The van der Waals surface area contributed by atoms with Crippen LogP contribution in [-0.4, -0.2) is 0 Å². The van der Waals surface area contributed by atoms with Gasteiger partial charge in [0.05, 0.1) is 10.4 Å². The summed E-state index contributed by atoms with van der Waals surface area (Å²) >= 11 is 1.88. The zero-order valence-corrected chi connectivity index (χ0v) is 33.9. The molecule has 2 heterocycles. The van der Waals surface area contributed by atoms with Crippen LogP contribution in [-0.2, 0) is 0 Å². The first-order valence-corrected chi connectivity index (χ1v) is 21.6. The zero-order valence-electron chi connectivity index (χ0n) is 33.1. The number of anilines is 3. The number of hydrogen-bond donors (Lipinski definition) is 0. The third-order valence-corrected chi connectivity index (χ3v) is 13.4. The predicted molar refractivity (Wildman–Crippen MR) is 261 cm³/mol. The molecule has 0 spiro atoms. The number of furan rings is 1. The second kappa shape index (κ2) is 14.5. The van der Waals surface area contributed by atoms with Crippen LogP contribution in [0.5, 0.6) is 0 Å². The van der Waals surface area contributed by atoms with Gasteiger partial charge in [-0.25, -0.2) is 0 Å². The lowest BCUT2D eigenvalue weighted by atomic mass is 9.92. The molecule has 0 aliphatic heterocycles. The molecule has 0 amide bonds. The SMILES string of the molecule is c1ccc(-c2ccc(-c3ccc(N(c4ccc(-c5cccc6c5oc5ccccc56)cc4)c4cccc5c4sc4c(-c6ccccc6)cccc45)cc3)c3ccccc23)cc1. The fraction of sp³-hybridized carbons (Fsp3) is 0. The van der Waals surface area contributed by atoms with Gasteiger partial charge in [0.2, 0.25) is 0 Å². The van der Waals surface area contributed by atoms with E-state index in [-0.39, 0.29) is 0 Å². The minimum absolute atomic E-state index is 0.906. The van der Waals surface area contributed by atoms with Crippen LogP contribution in [0, 0.1) is 0 Å². The number of fused-ring (bicyclic) bond motifs is 7. The molecule has 10 aromatic carbocycles. The summed E-state index contributed by atoms with van der Waals surface area (Å²) in [4.78, 5) is 2.42. The summed E-state index contributed by atoms with van der Waals surface area (Å²) in [5, 5.41) is 7.30. The number of para-hydroxylation sites is 2. The van der Waals surface area contributed by atoms with Crippen LogP contribution in [0.3, 0.4) is 0 Å². The summed E-state index contributed by atoms with van der Waals surface area (Å²) in [5.74, 6) is 0. The third kappa shape index (κ3) is 5.93. The van der Waals surface area contributed by atoms with E-state index in [0.717, 1.165) is 50.1 Å². The van der Waals surface area contributed by atoms with Crippen molar-refractivity contribution >= 4 is 81.3 Å². The normalized spacial score (nSPS) is 11.6. The van der Waals surface area contributed by atoms with Gasteiger partial charge in [-0.05, 0) is 86.1 Å². The number of nitrogens with zero attached hydrogens (tertiary/aromatic N) is 1. The largest absolute Gasteiger partial charge is 0.455 e. The first-order valence-electron chi connectivity index (χ1n) is 20.7.